The molecule has 0 radical (unpaired) electrons. The molecule has 0 unspecified atom stereocenters. The number of aryl methyl sites for hydroxylation is 1. The molecule has 0 aliphatic heterocycles. The van der Waals surface area contributed by atoms with E-state index in [2.05, 4.69) is 20.0 Å². The molecule has 0 bridgehead atoms. The lowest BCUT2D eigenvalue weighted by molar-refractivity contribution is 0.410. The van der Waals surface area contributed by atoms with Crippen molar-refractivity contribution in [3.8, 4) is 0 Å². The zero-order chi connectivity index (χ0) is 12.3. The van der Waals surface area contributed by atoms with Gasteiger partial charge in [0.1, 0.15) is 0 Å². The lowest BCUT2D eigenvalue weighted by Crippen LogP contribution is -2.07. The van der Waals surface area contributed by atoms with Crippen molar-refractivity contribution in [2.24, 2.45) is 0 Å². The monoisotopic (exact) mass is 252 g/mol. The van der Waals surface area contributed by atoms with E-state index >= 15 is 0 Å². The maximum absolute atomic E-state index is 5.96. The van der Waals surface area contributed by atoms with Crippen LogP contribution in [0.25, 0.3) is 0 Å². The predicted molar refractivity (Wildman–Crippen MR) is 67.1 cm³/mol. The number of halogens is 1. The molecule has 2 rings (SSSR count). The van der Waals surface area contributed by atoms with Crippen LogP contribution in [0.2, 0.25) is 5.02 Å². The van der Waals surface area contributed by atoms with Crippen LogP contribution >= 0.6 is 11.6 Å². The first-order valence-corrected chi connectivity index (χ1v) is 5.59. The molecule has 0 amide bonds. The number of hydrogen-bond acceptors (Lipinski definition) is 5. The minimum Gasteiger partial charge on any atom is -0.398 e. The van der Waals surface area contributed by atoms with Crippen molar-refractivity contribution in [3.05, 3.63) is 34.9 Å². The molecule has 6 heteroatoms. The Balaban J connectivity index is 1.97. The molecule has 0 aliphatic carbocycles. The van der Waals surface area contributed by atoms with Gasteiger partial charge in [0.15, 0.2) is 5.82 Å². The number of anilines is 2. The standard InChI is InChI=1S/C11H13ClN4O/c1-7-4-9(13)8(12)5-10(7)14-3-2-11-15-6-17-16-11/h4-6,14H,2-3,13H2,1H3. The third-order valence-corrected chi connectivity index (χ3v) is 2.74. The van der Waals surface area contributed by atoms with Gasteiger partial charge in [0, 0.05) is 18.7 Å². The average Bonchev–Trinajstić information content (AvgIpc) is 2.78. The fourth-order valence-electron chi connectivity index (χ4n) is 1.51. The Morgan fingerprint density at radius 1 is 1.47 bits per heavy atom. The molecule has 1 aromatic heterocycles. The van der Waals surface area contributed by atoms with Crippen LogP contribution in [0.1, 0.15) is 11.4 Å². The van der Waals surface area contributed by atoms with Gasteiger partial charge in [-0.1, -0.05) is 16.8 Å². The summed E-state index contributed by atoms with van der Waals surface area (Å²) in [6.45, 7) is 2.68. The molecule has 0 atom stereocenters. The smallest absolute Gasteiger partial charge is 0.213 e. The second-order valence-electron chi connectivity index (χ2n) is 3.71. The third kappa shape index (κ3) is 2.88. The summed E-state index contributed by atoms with van der Waals surface area (Å²) in [5.74, 6) is 0.677. The summed E-state index contributed by atoms with van der Waals surface area (Å²) in [5, 5.41) is 7.54. The van der Waals surface area contributed by atoms with Gasteiger partial charge in [-0.3, -0.25) is 0 Å². The van der Waals surface area contributed by atoms with E-state index < -0.39 is 0 Å². The van der Waals surface area contributed by atoms with Crippen LogP contribution in [0.4, 0.5) is 11.4 Å². The third-order valence-electron chi connectivity index (χ3n) is 2.41. The number of nitrogens with zero attached hydrogens (tertiary/aromatic N) is 2. The van der Waals surface area contributed by atoms with E-state index in [0.717, 1.165) is 11.3 Å². The highest BCUT2D eigenvalue weighted by molar-refractivity contribution is 6.33. The summed E-state index contributed by atoms with van der Waals surface area (Å²) >= 11 is 5.96. The fourth-order valence-corrected chi connectivity index (χ4v) is 1.67. The Hall–Kier alpha value is -1.75. The van der Waals surface area contributed by atoms with Gasteiger partial charge in [-0.05, 0) is 24.6 Å². The molecule has 1 heterocycles. The second-order valence-corrected chi connectivity index (χ2v) is 4.12. The van der Waals surface area contributed by atoms with Crippen molar-refractivity contribution >= 4 is 23.0 Å². The van der Waals surface area contributed by atoms with E-state index in [0.29, 0.717) is 29.5 Å². The van der Waals surface area contributed by atoms with Crippen molar-refractivity contribution in [1.29, 1.82) is 0 Å². The number of rotatable bonds is 4. The highest BCUT2D eigenvalue weighted by atomic mass is 35.5. The van der Waals surface area contributed by atoms with E-state index in [1.54, 1.807) is 0 Å². The summed E-state index contributed by atoms with van der Waals surface area (Å²) in [6.07, 6.45) is 2.01. The molecule has 17 heavy (non-hydrogen) atoms. The van der Waals surface area contributed by atoms with Gasteiger partial charge in [-0.25, -0.2) is 0 Å². The van der Waals surface area contributed by atoms with Crippen molar-refractivity contribution in [1.82, 2.24) is 10.1 Å². The van der Waals surface area contributed by atoms with Gasteiger partial charge in [0.2, 0.25) is 6.39 Å². The largest absolute Gasteiger partial charge is 0.398 e. The van der Waals surface area contributed by atoms with Crippen LogP contribution in [-0.4, -0.2) is 16.7 Å². The van der Waals surface area contributed by atoms with E-state index in [1.807, 2.05) is 19.1 Å². The highest BCUT2D eigenvalue weighted by Gasteiger charge is 2.04. The first-order chi connectivity index (χ1) is 8.16. The number of hydrogen-bond donors (Lipinski definition) is 2. The van der Waals surface area contributed by atoms with Gasteiger partial charge in [0.05, 0.1) is 10.7 Å². The van der Waals surface area contributed by atoms with Crippen molar-refractivity contribution in [2.45, 2.75) is 13.3 Å². The number of nitrogens with one attached hydrogen (secondary N) is 1. The minimum absolute atomic E-state index is 0.553. The number of nitrogen functional groups attached to an aromatic ring is 1. The average molecular weight is 253 g/mol. The van der Waals surface area contributed by atoms with Gasteiger partial charge in [-0.15, -0.1) is 0 Å². The van der Waals surface area contributed by atoms with Gasteiger partial charge >= 0.3 is 0 Å². The van der Waals surface area contributed by atoms with E-state index in [1.165, 1.54) is 6.39 Å². The maximum atomic E-state index is 5.96. The minimum atomic E-state index is 0.553. The topological polar surface area (TPSA) is 77.0 Å². The van der Waals surface area contributed by atoms with E-state index in [9.17, 15) is 0 Å². The number of aromatic nitrogens is 2. The number of benzene rings is 1. The predicted octanol–water partition coefficient (Wildman–Crippen LogP) is 2.27. The second kappa shape index (κ2) is 5.05. The van der Waals surface area contributed by atoms with Crippen LogP contribution < -0.4 is 11.1 Å². The van der Waals surface area contributed by atoms with Crippen molar-refractivity contribution < 1.29 is 4.52 Å². The Bertz CT molecular complexity index is 498. The molecule has 90 valence electrons. The summed E-state index contributed by atoms with van der Waals surface area (Å²) < 4.78 is 4.65. The van der Waals surface area contributed by atoms with Crippen LogP contribution in [0.15, 0.2) is 23.0 Å². The SMILES string of the molecule is Cc1cc(N)c(Cl)cc1NCCc1ncon1. The Morgan fingerprint density at radius 2 is 2.29 bits per heavy atom. The Kier molecular flexibility index (Phi) is 3.49. The van der Waals surface area contributed by atoms with Crippen LogP contribution in [-0.2, 0) is 6.42 Å². The first-order valence-electron chi connectivity index (χ1n) is 5.21. The summed E-state index contributed by atoms with van der Waals surface area (Å²) in [5.41, 5.74) is 8.31. The van der Waals surface area contributed by atoms with Gasteiger partial charge in [0.25, 0.3) is 0 Å². The van der Waals surface area contributed by atoms with Gasteiger partial charge < -0.3 is 15.6 Å². The summed E-state index contributed by atoms with van der Waals surface area (Å²) in [4.78, 5) is 3.94. The van der Waals surface area contributed by atoms with Crippen LogP contribution in [0.3, 0.4) is 0 Å². The van der Waals surface area contributed by atoms with E-state index in [-0.39, 0.29) is 0 Å². The van der Waals surface area contributed by atoms with Crippen LogP contribution in [0, 0.1) is 6.92 Å². The van der Waals surface area contributed by atoms with Gasteiger partial charge in [-0.2, -0.15) is 4.98 Å². The van der Waals surface area contributed by atoms with Crippen molar-refractivity contribution in [2.75, 3.05) is 17.6 Å². The molecule has 3 N–H and O–H groups in total. The fraction of sp³-hybridized carbons (Fsp3) is 0.273. The summed E-state index contributed by atoms with van der Waals surface area (Å²) in [6, 6.07) is 3.67. The molecular weight excluding hydrogens is 240 g/mol. The van der Waals surface area contributed by atoms with E-state index in [4.69, 9.17) is 17.3 Å². The number of nitrogens with two attached hydrogens (primary N) is 1. The highest BCUT2D eigenvalue weighted by Crippen LogP contribution is 2.26. The molecule has 0 aliphatic rings. The Morgan fingerprint density at radius 3 is 3.00 bits per heavy atom. The zero-order valence-corrected chi connectivity index (χ0v) is 10.2. The molecule has 1 aromatic carbocycles. The Labute approximate surface area is 104 Å². The quantitative estimate of drug-likeness (QED) is 0.817. The van der Waals surface area contributed by atoms with Crippen molar-refractivity contribution in [3.63, 3.8) is 0 Å². The lowest BCUT2D eigenvalue weighted by Gasteiger charge is -2.10. The maximum Gasteiger partial charge on any atom is 0.213 e. The molecular formula is C11H13ClN4O. The van der Waals surface area contributed by atoms with Crippen LogP contribution in [0.5, 0.6) is 0 Å². The molecule has 0 fully saturated rings. The molecule has 0 saturated heterocycles. The zero-order valence-electron chi connectivity index (χ0n) is 9.40. The molecule has 2 aromatic rings. The molecule has 5 nitrogen and oxygen atoms in total. The summed E-state index contributed by atoms with van der Waals surface area (Å²) in [7, 11) is 0. The first kappa shape index (κ1) is 11.7. The lowest BCUT2D eigenvalue weighted by atomic mass is 10.1. The molecule has 0 saturated carbocycles. The molecule has 0 spiro atoms. The normalized spacial score (nSPS) is 10.5.